The Morgan fingerprint density at radius 1 is 1.03 bits per heavy atom. The van der Waals surface area contributed by atoms with Crippen LogP contribution in [-0.4, -0.2) is 72.4 Å². The highest BCUT2D eigenvalue weighted by molar-refractivity contribution is 7.13. The molecular weight excluding hydrogens is 472 g/mol. The van der Waals surface area contributed by atoms with E-state index in [2.05, 4.69) is 62.5 Å². The molecule has 1 N–H and O–H groups in total. The first kappa shape index (κ1) is 23.1. The molecule has 0 radical (unpaired) electrons. The minimum Gasteiger partial charge on any atom is -0.490 e. The largest absolute Gasteiger partial charge is 0.490 e. The molecule has 4 heterocycles. The van der Waals surface area contributed by atoms with E-state index in [1.165, 1.54) is 5.69 Å². The van der Waals surface area contributed by atoms with Crippen molar-refractivity contribution in [1.82, 2.24) is 19.9 Å². The zero-order valence-corrected chi connectivity index (χ0v) is 21.2. The van der Waals surface area contributed by atoms with Crippen LogP contribution < -0.4 is 15.0 Å². The summed E-state index contributed by atoms with van der Waals surface area (Å²) in [5, 5.41) is 7.25. The molecule has 2 saturated heterocycles. The number of fused-ring (bicyclic) bond motifs is 1. The van der Waals surface area contributed by atoms with Gasteiger partial charge in [0.1, 0.15) is 16.9 Å². The summed E-state index contributed by atoms with van der Waals surface area (Å²) in [6.07, 6.45) is 5.92. The Kier molecular flexibility index (Phi) is 6.67. The number of rotatable bonds is 6. The molecule has 6 rings (SSSR count). The average molecular weight is 503 g/mol. The zero-order chi connectivity index (χ0) is 24.3. The summed E-state index contributed by atoms with van der Waals surface area (Å²) in [7, 11) is 2.16. The van der Waals surface area contributed by atoms with Crippen molar-refractivity contribution in [3.05, 3.63) is 54.2 Å². The number of hydrogen-bond donors (Lipinski definition) is 1. The third-order valence-electron chi connectivity index (χ3n) is 6.80. The van der Waals surface area contributed by atoms with Gasteiger partial charge in [-0.3, -0.25) is 0 Å². The molecule has 9 heteroatoms. The maximum atomic E-state index is 6.54. The summed E-state index contributed by atoms with van der Waals surface area (Å²) in [5.74, 6) is 1.40. The summed E-state index contributed by atoms with van der Waals surface area (Å²) in [6, 6.07) is 12.5. The summed E-state index contributed by atoms with van der Waals surface area (Å²) in [6.45, 7) is 5.49. The van der Waals surface area contributed by atoms with Gasteiger partial charge in [-0.2, -0.15) is 0 Å². The number of likely N-dealkylation sites (tertiary alicyclic amines) is 1. The lowest BCUT2D eigenvalue weighted by Crippen LogP contribution is -2.36. The molecule has 4 aromatic rings. The van der Waals surface area contributed by atoms with E-state index in [1.54, 1.807) is 11.3 Å². The van der Waals surface area contributed by atoms with Crippen LogP contribution in [0.4, 0.5) is 17.3 Å². The summed E-state index contributed by atoms with van der Waals surface area (Å²) < 4.78 is 12.0. The summed E-state index contributed by atoms with van der Waals surface area (Å²) in [4.78, 5) is 18.6. The average Bonchev–Trinajstić information content (AvgIpc) is 3.45. The van der Waals surface area contributed by atoms with Crippen LogP contribution in [0.2, 0.25) is 0 Å². The molecule has 0 unspecified atom stereocenters. The van der Waals surface area contributed by atoms with Crippen molar-refractivity contribution in [3.8, 4) is 16.3 Å². The Morgan fingerprint density at radius 2 is 1.83 bits per heavy atom. The molecule has 2 aromatic heterocycles. The Hall–Kier alpha value is -3.27. The second-order valence-corrected chi connectivity index (χ2v) is 10.2. The number of thiazole rings is 1. The van der Waals surface area contributed by atoms with Crippen LogP contribution >= 0.6 is 11.3 Å². The molecule has 0 atom stereocenters. The van der Waals surface area contributed by atoms with E-state index < -0.39 is 0 Å². The fraction of sp³-hybridized carbons (Fsp3) is 0.370. The van der Waals surface area contributed by atoms with Crippen LogP contribution in [0.3, 0.4) is 0 Å². The minimum absolute atomic E-state index is 0.196. The van der Waals surface area contributed by atoms with Gasteiger partial charge in [-0.15, -0.1) is 11.3 Å². The van der Waals surface area contributed by atoms with Gasteiger partial charge < -0.3 is 24.6 Å². The molecule has 2 aliphatic heterocycles. The molecule has 0 bridgehead atoms. The van der Waals surface area contributed by atoms with Crippen molar-refractivity contribution >= 4 is 39.6 Å². The van der Waals surface area contributed by atoms with E-state index in [1.807, 2.05) is 23.8 Å². The van der Waals surface area contributed by atoms with Crippen molar-refractivity contribution in [2.75, 3.05) is 56.7 Å². The standard InChI is InChI=1S/C27H30N6O2S/c1-32-9-6-22(7-10-32)35-25-17-24-19(16-23(25)26-28-8-15-36-26)18-29-27(31-24)30-20-2-4-21(5-3-20)33-11-13-34-14-12-33/h2-5,8,15-18,22H,6-7,9-14H2,1H3,(H,29,30,31). The smallest absolute Gasteiger partial charge is 0.227 e. The van der Waals surface area contributed by atoms with Gasteiger partial charge in [-0.25, -0.2) is 15.0 Å². The first-order chi connectivity index (χ1) is 17.7. The third kappa shape index (κ3) is 5.13. The Labute approximate surface area is 214 Å². The molecule has 8 nitrogen and oxygen atoms in total. The first-order valence-corrected chi connectivity index (χ1v) is 13.3. The number of ether oxygens (including phenoxy) is 2. The zero-order valence-electron chi connectivity index (χ0n) is 20.4. The molecule has 0 amide bonds. The van der Waals surface area contributed by atoms with E-state index >= 15 is 0 Å². The van der Waals surface area contributed by atoms with Crippen molar-refractivity contribution in [1.29, 1.82) is 0 Å². The molecule has 2 aromatic carbocycles. The molecule has 2 fully saturated rings. The Morgan fingerprint density at radius 3 is 2.58 bits per heavy atom. The van der Waals surface area contributed by atoms with Crippen LogP contribution in [0.15, 0.2) is 54.2 Å². The number of anilines is 3. The number of piperidine rings is 1. The van der Waals surface area contributed by atoms with E-state index in [9.17, 15) is 0 Å². The van der Waals surface area contributed by atoms with E-state index in [0.717, 1.165) is 85.1 Å². The van der Waals surface area contributed by atoms with Gasteiger partial charge in [0.15, 0.2) is 0 Å². The van der Waals surface area contributed by atoms with E-state index in [-0.39, 0.29) is 6.10 Å². The summed E-state index contributed by atoms with van der Waals surface area (Å²) >= 11 is 1.61. The molecule has 0 saturated carbocycles. The van der Waals surface area contributed by atoms with Crippen LogP contribution in [0.25, 0.3) is 21.5 Å². The van der Waals surface area contributed by atoms with Gasteiger partial charge >= 0.3 is 0 Å². The fourth-order valence-corrected chi connectivity index (χ4v) is 5.39. The first-order valence-electron chi connectivity index (χ1n) is 12.5. The monoisotopic (exact) mass is 502 g/mol. The molecular formula is C27H30N6O2S. The molecule has 36 heavy (non-hydrogen) atoms. The normalized spacial score (nSPS) is 17.4. The van der Waals surface area contributed by atoms with Crippen LogP contribution in [-0.2, 0) is 4.74 Å². The van der Waals surface area contributed by atoms with E-state index in [0.29, 0.717) is 5.95 Å². The Bertz CT molecular complexity index is 1300. The fourth-order valence-electron chi connectivity index (χ4n) is 4.73. The van der Waals surface area contributed by atoms with Crippen molar-refractivity contribution < 1.29 is 9.47 Å². The van der Waals surface area contributed by atoms with Gasteiger partial charge in [0.25, 0.3) is 0 Å². The predicted molar refractivity (Wildman–Crippen MR) is 145 cm³/mol. The predicted octanol–water partition coefficient (Wildman–Crippen LogP) is 4.81. The van der Waals surface area contributed by atoms with Gasteiger partial charge in [-0.1, -0.05) is 0 Å². The van der Waals surface area contributed by atoms with Crippen molar-refractivity contribution in [2.45, 2.75) is 18.9 Å². The minimum atomic E-state index is 0.196. The van der Waals surface area contributed by atoms with Crippen LogP contribution in [0.5, 0.6) is 5.75 Å². The third-order valence-corrected chi connectivity index (χ3v) is 7.61. The number of benzene rings is 2. The van der Waals surface area contributed by atoms with Gasteiger partial charge in [0, 0.05) is 66.8 Å². The second-order valence-electron chi connectivity index (χ2n) is 9.33. The second kappa shape index (κ2) is 10.4. The highest BCUT2D eigenvalue weighted by atomic mass is 32.1. The SMILES string of the molecule is CN1CCC(Oc2cc3nc(Nc4ccc(N5CCOCC5)cc4)ncc3cc2-c2nccs2)CC1. The van der Waals surface area contributed by atoms with Crippen molar-refractivity contribution in [2.24, 2.45) is 0 Å². The number of aromatic nitrogens is 3. The maximum Gasteiger partial charge on any atom is 0.227 e. The van der Waals surface area contributed by atoms with Crippen LogP contribution in [0.1, 0.15) is 12.8 Å². The maximum absolute atomic E-state index is 6.54. The number of hydrogen-bond acceptors (Lipinski definition) is 9. The lowest BCUT2D eigenvalue weighted by Gasteiger charge is -2.29. The highest BCUT2D eigenvalue weighted by Gasteiger charge is 2.21. The summed E-state index contributed by atoms with van der Waals surface area (Å²) in [5.41, 5.74) is 4.00. The number of nitrogens with zero attached hydrogens (tertiary/aromatic N) is 5. The number of morpholine rings is 1. The van der Waals surface area contributed by atoms with Gasteiger partial charge in [0.2, 0.25) is 5.95 Å². The van der Waals surface area contributed by atoms with Crippen LogP contribution in [0, 0.1) is 0 Å². The molecule has 0 spiro atoms. The quantitative estimate of drug-likeness (QED) is 0.403. The Balaban J connectivity index is 1.25. The molecule has 2 aliphatic rings. The van der Waals surface area contributed by atoms with Crippen molar-refractivity contribution in [3.63, 3.8) is 0 Å². The molecule has 186 valence electrons. The van der Waals surface area contributed by atoms with Gasteiger partial charge in [0.05, 0.1) is 24.3 Å². The highest BCUT2D eigenvalue weighted by Crippen LogP contribution is 2.36. The van der Waals surface area contributed by atoms with E-state index in [4.69, 9.17) is 14.5 Å². The molecule has 0 aliphatic carbocycles. The lowest BCUT2D eigenvalue weighted by molar-refractivity contribution is 0.115. The number of nitrogens with one attached hydrogen (secondary N) is 1. The van der Waals surface area contributed by atoms with Gasteiger partial charge in [-0.05, 0) is 50.2 Å². The lowest BCUT2D eigenvalue weighted by atomic mass is 10.1. The topological polar surface area (TPSA) is 75.6 Å².